The highest BCUT2D eigenvalue weighted by Crippen LogP contribution is 2.36. The Morgan fingerprint density at radius 1 is 1.13 bits per heavy atom. The molecule has 0 aliphatic rings. The molecule has 0 amide bonds. The van der Waals surface area contributed by atoms with Crippen molar-refractivity contribution in [2.45, 2.75) is 6.42 Å². The summed E-state index contributed by atoms with van der Waals surface area (Å²) >= 11 is 9.26. The molecule has 5 nitrogen and oxygen atoms in total. The number of rotatable bonds is 8. The van der Waals surface area contributed by atoms with Gasteiger partial charge >= 0.3 is 5.97 Å². The normalized spacial score (nSPS) is 10.4. The molecule has 0 bridgehead atoms. The second-order valence-corrected chi connectivity index (χ2v) is 7.68. The van der Waals surface area contributed by atoms with E-state index in [0.717, 1.165) is 10.8 Å². The molecule has 2 rings (SSSR count). The standard InChI is InChI=1S/C14H12Br2O5S2/c1-19-14(18)13-12(9(16)7-23-13)21-4-2-3-20-11-8(15)6-22-10(11)5-17/h5-7H,2-4H2,1H3. The van der Waals surface area contributed by atoms with E-state index in [2.05, 4.69) is 31.9 Å². The summed E-state index contributed by atoms with van der Waals surface area (Å²) in [5.74, 6) is 0.605. The van der Waals surface area contributed by atoms with Crippen molar-refractivity contribution in [3.63, 3.8) is 0 Å². The van der Waals surface area contributed by atoms with Gasteiger partial charge in [0.15, 0.2) is 22.7 Å². The number of ether oxygens (including phenoxy) is 3. The van der Waals surface area contributed by atoms with Gasteiger partial charge in [-0.15, -0.1) is 22.7 Å². The lowest BCUT2D eigenvalue weighted by molar-refractivity contribution is 0.0601. The number of halogens is 2. The van der Waals surface area contributed by atoms with Crippen LogP contribution in [0.1, 0.15) is 25.8 Å². The van der Waals surface area contributed by atoms with Gasteiger partial charge in [-0.2, -0.15) is 0 Å². The van der Waals surface area contributed by atoms with Crippen LogP contribution in [0.5, 0.6) is 11.5 Å². The third kappa shape index (κ3) is 4.56. The van der Waals surface area contributed by atoms with Crippen LogP contribution in [0.2, 0.25) is 0 Å². The maximum atomic E-state index is 11.6. The smallest absolute Gasteiger partial charge is 0.351 e. The van der Waals surface area contributed by atoms with Gasteiger partial charge in [0.25, 0.3) is 0 Å². The SMILES string of the molecule is COC(=O)c1scc(Br)c1OCCCOc1c(Br)csc1C=O. The number of hydrogen-bond donors (Lipinski definition) is 0. The molecule has 0 aliphatic heterocycles. The Kier molecular flexibility index (Phi) is 7.07. The predicted octanol–water partition coefficient (Wildman–Crippen LogP) is 4.78. The van der Waals surface area contributed by atoms with Gasteiger partial charge < -0.3 is 14.2 Å². The minimum absolute atomic E-state index is 0.373. The summed E-state index contributed by atoms with van der Waals surface area (Å²) < 4.78 is 17.4. The summed E-state index contributed by atoms with van der Waals surface area (Å²) in [6.45, 7) is 0.767. The van der Waals surface area contributed by atoms with Gasteiger partial charge in [-0.1, -0.05) is 0 Å². The predicted molar refractivity (Wildman–Crippen MR) is 96.4 cm³/mol. The van der Waals surface area contributed by atoms with Crippen LogP contribution < -0.4 is 9.47 Å². The molecule has 0 spiro atoms. The summed E-state index contributed by atoms with van der Waals surface area (Å²) in [4.78, 5) is 23.5. The van der Waals surface area contributed by atoms with Crippen LogP contribution in [0.15, 0.2) is 19.7 Å². The van der Waals surface area contributed by atoms with Crippen LogP contribution in [0.3, 0.4) is 0 Å². The van der Waals surface area contributed by atoms with E-state index in [0.29, 0.717) is 45.4 Å². The molecule has 124 valence electrons. The number of hydrogen-bond acceptors (Lipinski definition) is 7. The van der Waals surface area contributed by atoms with Gasteiger partial charge in [-0.3, -0.25) is 4.79 Å². The van der Waals surface area contributed by atoms with Gasteiger partial charge in [0, 0.05) is 17.2 Å². The van der Waals surface area contributed by atoms with E-state index in [1.54, 1.807) is 10.8 Å². The van der Waals surface area contributed by atoms with E-state index >= 15 is 0 Å². The van der Waals surface area contributed by atoms with Crippen molar-refractivity contribution < 1.29 is 23.8 Å². The Morgan fingerprint density at radius 3 is 2.39 bits per heavy atom. The Hall–Kier alpha value is -0.900. The van der Waals surface area contributed by atoms with Crippen molar-refractivity contribution in [2.75, 3.05) is 20.3 Å². The monoisotopic (exact) mass is 482 g/mol. The van der Waals surface area contributed by atoms with E-state index in [1.165, 1.54) is 29.8 Å². The number of carbonyl (C=O) groups excluding carboxylic acids is 2. The number of aldehydes is 1. The average Bonchev–Trinajstić information content (AvgIpc) is 3.10. The molecule has 0 fully saturated rings. The van der Waals surface area contributed by atoms with Crippen LogP contribution >= 0.6 is 54.5 Å². The lowest BCUT2D eigenvalue weighted by Crippen LogP contribution is -2.08. The zero-order valence-electron chi connectivity index (χ0n) is 12.0. The van der Waals surface area contributed by atoms with Crippen molar-refractivity contribution in [1.82, 2.24) is 0 Å². The molecule has 9 heteroatoms. The Morgan fingerprint density at radius 2 is 1.74 bits per heavy atom. The number of carbonyl (C=O) groups is 2. The van der Waals surface area contributed by atoms with Crippen molar-refractivity contribution in [3.8, 4) is 11.5 Å². The van der Waals surface area contributed by atoms with Crippen LogP contribution in [-0.4, -0.2) is 32.6 Å². The van der Waals surface area contributed by atoms with Crippen molar-refractivity contribution >= 4 is 66.8 Å². The quantitative estimate of drug-likeness (QED) is 0.307. The van der Waals surface area contributed by atoms with Gasteiger partial charge in [0.1, 0.15) is 4.88 Å². The van der Waals surface area contributed by atoms with Gasteiger partial charge in [0.2, 0.25) is 0 Å². The first-order valence-electron chi connectivity index (χ1n) is 6.41. The highest BCUT2D eigenvalue weighted by molar-refractivity contribution is 9.11. The molecule has 0 aliphatic carbocycles. The van der Waals surface area contributed by atoms with Crippen molar-refractivity contribution in [3.05, 3.63) is 29.5 Å². The van der Waals surface area contributed by atoms with E-state index < -0.39 is 5.97 Å². The van der Waals surface area contributed by atoms with Crippen LogP contribution in [0.4, 0.5) is 0 Å². The van der Waals surface area contributed by atoms with E-state index in [9.17, 15) is 9.59 Å². The molecular weight excluding hydrogens is 472 g/mol. The van der Waals surface area contributed by atoms with Crippen molar-refractivity contribution in [1.29, 1.82) is 0 Å². The molecule has 0 atom stereocenters. The number of thiophene rings is 2. The van der Waals surface area contributed by atoms with Crippen LogP contribution in [0, 0.1) is 0 Å². The van der Waals surface area contributed by atoms with Gasteiger partial charge in [0.05, 0.1) is 29.3 Å². The fourth-order valence-electron chi connectivity index (χ4n) is 1.66. The lowest BCUT2D eigenvalue weighted by Gasteiger charge is -2.09. The number of esters is 1. The molecule has 0 saturated heterocycles. The third-order valence-corrected chi connectivity index (χ3v) is 6.31. The number of methoxy groups -OCH3 is 1. The maximum Gasteiger partial charge on any atom is 0.351 e. The molecule has 0 unspecified atom stereocenters. The Balaban J connectivity index is 1.84. The highest BCUT2D eigenvalue weighted by Gasteiger charge is 2.19. The summed E-state index contributed by atoms with van der Waals surface area (Å²) in [6.07, 6.45) is 1.37. The van der Waals surface area contributed by atoms with Crippen LogP contribution in [-0.2, 0) is 4.74 Å². The molecule has 2 aromatic rings. The molecule has 0 aromatic carbocycles. The lowest BCUT2D eigenvalue weighted by atomic mass is 10.4. The fourth-order valence-corrected chi connectivity index (χ4v) is 4.58. The summed E-state index contributed by atoms with van der Waals surface area (Å²) in [5.41, 5.74) is 0. The Labute approximate surface area is 157 Å². The van der Waals surface area contributed by atoms with Crippen molar-refractivity contribution in [2.24, 2.45) is 0 Å². The van der Waals surface area contributed by atoms with Gasteiger partial charge in [-0.05, 0) is 31.9 Å². The fraction of sp³-hybridized carbons (Fsp3) is 0.286. The summed E-state index contributed by atoms with van der Waals surface area (Å²) in [5, 5.41) is 3.58. The average molecular weight is 484 g/mol. The topological polar surface area (TPSA) is 61.8 Å². The second kappa shape index (κ2) is 8.81. The van der Waals surface area contributed by atoms with E-state index in [-0.39, 0.29) is 0 Å². The molecule has 2 aromatic heterocycles. The minimum Gasteiger partial charge on any atom is -0.491 e. The molecule has 0 N–H and O–H groups in total. The molecule has 0 saturated carbocycles. The first kappa shape index (κ1) is 18.4. The molecule has 0 radical (unpaired) electrons. The first-order valence-corrected chi connectivity index (χ1v) is 9.76. The molecular formula is C14H12Br2O5S2. The Bertz CT molecular complexity index is 695. The second-order valence-electron chi connectivity index (χ2n) is 4.18. The largest absolute Gasteiger partial charge is 0.491 e. The van der Waals surface area contributed by atoms with E-state index in [4.69, 9.17) is 14.2 Å². The van der Waals surface area contributed by atoms with Gasteiger partial charge in [-0.25, -0.2) is 4.79 Å². The highest BCUT2D eigenvalue weighted by atomic mass is 79.9. The summed E-state index contributed by atoms with van der Waals surface area (Å²) in [7, 11) is 1.33. The zero-order valence-corrected chi connectivity index (χ0v) is 16.8. The first-order chi connectivity index (χ1) is 11.1. The van der Waals surface area contributed by atoms with Crippen LogP contribution in [0.25, 0.3) is 0 Å². The van der Waals surface area contributed by atoms with E-state index in [1.807, 2.05) is 0 Å². The third-order valence-electron chi connectivity index (χ3n) is 2.69. The molecule has 23 heavy (non-hydrogen) atoms. The molecule has 2 heterocycles. The minimum atomic E-state index is -0.426. The maximum absolute atomic E-state index is 11.6. The zero-order chi connectivity index (χ0) is 16.8. The summed E-state index contributed by atoms with van der Waals surface area (Å²) in [6, 6.07) is 0.